The number of nitrogens with one attached hydrogen (secondary N) is 1. The van der Waals surface area contributed by atoms with E-state index < -0.39 is 0 Å². The molecule has 6 heteroatoms. The smallest absolute Gasteiger partial charge is 0.293 e. The summed E-state index contributed by atoms with van der Waals surface area (Å²) in [6.07, 6.45) is 8.56. The number of nitrogens with zero attached hydrogens (tertiary/aromatic N) is 1. The van der Waals surface area contributed by atoms with E-state index in [1.54, 1.807) is 6.92 Å². The molecule has 0 bridgehead atoms. The van der Waals surface area contributed by atoms with Gasteiger partial charge in [-0.3, -0.25) is 4.79 Å². The normalized spacial score (nSPS) is 24.0. The molecule has 0 saturated heterocycles. The Morgan fingerprint density at radius 3 is 2.37 bits per heavy atom. The lowest BCUT2D eigenvalue weighted by atomic mass is 9.73. The maximum absolute atomic E-state index is 12.2. The summed E-state index contributed by atoms with van der Waals surface area (Å²) >= 11 is 4.65. The van der Waals surface area contributed by atoms with E-state index in [2.05, 4.69) is 66.4 Å². The van der Waals surface area contributed by atoms with Crippen LogP contribution in [0.25, 0.3) is 0 Å². The molecule has 4 nitrogen and oxygen atoms in total. The summed E-state index contributed by atoms with van der Waals surface area (Å²) in [5.74, 6) is 0.660. The number of carbonyl (C=O) groups excluding carboxylic acids is 1. The fraction of sp³-hybridized carbons (Fsp3) is 0.875. The summed E-state index contributed by atoms with van der Waals surface area (Å²) in [5.41, 5.74) is 0.820. The van der Waals surface area contributed by atoms with Crippen LogP contribution in [-0.2, 0) is 9.45 Å². The maximum atomic E-state index is 12.2. The summed E-state index contributed by atoms with van der Waals surface area (Å²) in [6.45, 7) is 20.5. The summed E-state index contributed by atoms with van der Waals surface area (Å²) in [6, 6.07) is 0. The second-order valence-corrected chi connectivity index (χ2v) is 11.7. The lowest BCUT2D eigenvalue weighted by Gasteiger charge is -2.54. The number of thiol groups is 1. The maximum Gasteiger partial charge on any atom is 0.293 e. The highest BCUT2D eigenvalue weighted by atomic mass is 32.1. The van der Waals surface area contributed by atoms with Crippen molar-refractivity contribution in [2.45, 2.75) is 129 Å². The summed E-state index contributed by atoms with van der Waals surface area (Å²) in [7, 11) is 1.95. The van der Waals surface area contributed by atoms with Crippen molar-refractivity contribution in [3.63, 3.8) is 0 Å². The first-order chi connectivity index (χ1) is 13.7. The Hall–Kier alpha value is -0.615. The van der Waals surface area contributed by atoms with Gasteiger partial charge in [-0.15, -0.1) is 0 Å². The standard InChI is InChI=1S/C22H40BN2O2S.C2H6/c1-16(26)25-15-18(24-19(2,3)4)22(25)13-9-11-17(22)12-10-14-23-27-20(5,6)21(7,8)28;1-2/h15,17,24,28H,9-14H2,1-8H3;1-2H3. The number of rotatable bonds is 8. The van der Waals surface area contributed by atoms with E-state index in [1.807, 2.05) is 32.4 Å². The van der Waals surface area contributed by atoms with E-state index >= 15 is 0 Å². The molecule has 0 aromatic rings. The van der Waals surface area contributed by atoms with Crippen LogP contribution in [0.15, 0.2) is 11.9 Å². The van der Waals surface area contributed by atoms with Crippen molar-refractivity contribution < 1.29 is 9.45 Å². The van der Waals surface area contributed by atoms with Crippen molar-refractivity contribution >= 4 is 26.0 Å². The van der Waals surface area contributed by atoms with Gasteiger partial charge in [0.1, 0.15) is 0 Å². The lowest BCUT2D eigenvalue weighted by molar-refractivity contribution is -0.134. The zero-order valence-corrected chi connectivity index (χ0v) is 22.1. The van der Waals surface area contributed by atoms with Crippen molar-refractivity contribution in [3.8, 4) is 0 Å². The monoisotopic (exact) mass is 437 g/mol. The highest BCUT2D eigenvalue weighted by Crippen LogP contribution is 2.52. The van der Waals surface area contributed by atoms with E-state index in [4.69, 9.17) is 4.65 Å². The van der Waals surface area contributed by atoms with Gasteiger partial charge in [0.25, 0.3) is 7.48 Å². The van der Waals surface area contributed by atoms with Crippen LogP contribution >= 0.6 is 12.6 Å². The van der Waals surface area contributed by atoms with E-state index in [9.17, 15) is 4.79 Å². The highest BCUT2D eigenvalue weighted by molar-refractivity contribution is 7.81. The number of hydrogen-bond donors (Lipinski definition) is 2. The predicted octanol–water partition coefficient (Wildman–Crippen LogP) is 5.96. The van der Waals surface area contributed by atoms with Crippen LogP contribution in [0.5, 0.6) is 0 Å². The minimum absolute atomic E-state index is 0.00170. The van der Waals surface area contributed by atoms with Crippen molar-refractivity contribution in [1.29, 1.82) is 0 Å². The van der Waals surface area contributed by atoms with Gasteiger partial charge in [-0.05, 0) is 73.6 Å². The first kappa shape index (κ1) is 27.4. The van der Waals surface area contributed by atoms with Gasteiger partial charge in [0.15, 0.2) is 0 Å². The molecule has 1 aliphatic carbocycles. The Morgan fingerprint density at radius 2 is 1.87 bits per heavy atom. The van der Waals surface area contributed by atoms with Gasteiger partial charge >= 0.3 is 0 Å². The molecule has 1 radical (unpaired) electrons. The van der Waals surface area contributed by atoms with Crippen molar-refractivity contribution in [3.05, 3.63) is 11.9 Å². The van der Waals surface area contributed by atoms with E-state index in [0.717, 1.165) is 25.6 Å². The van der Waals surface area contributed by atoms with Crippen molar-refractivity contribution in [2.75, 3.05) is 0 Å². The van der Waals surface area contributed by atoms with Crippen LogP contribution in [0.1, 0.15) is 101 Å². The molecule has 0 aromatic carbocycles. The Balaban J connectivity index is 0.00000218. The minimum atomic E-state index is -0.309. The van der Waals surface area contributed by atoms with Gasteiger partial charge in [0.05, 0.1) is 16.8 Å². The van der Waals surface area contributed by atoms with E-state index in [0.29, 0.717) is 5.92 Å². The Bertz CT molecular complexity index is 607. The third-order valence-corrected chi connectivity index (χ3v) is 7.05. The zero-order chi connectivity index (χ0) is 23.4. The van der Waals surface area contributed by atoms with Gasteiger partial charge < -0.3 is 14.9 Å². The van der Waals surface area contributed by atoms with Crippen LogP contribution in [0.4, 0.5) is 0 Å². The van der Waals surface area contributed by atoms with Gasteiger partial charge in [-0.1, -0.05) is 33.0 Å². The summed E-state index contributed by atoms with van der Waals surface area (Å²) in [4.78, 5) is 14.2. The average molecular weight is 438 g/mol. The third-order valence-electron chi connectivity index (χ3n) is 6.52. The Labute approximate surface area is 192 Å². The highest BCUT2D eigenvalue weighted by Gasteiger charge is 2.56. The van der Waals surface area contributed by atoms with Crippen LogP contribution in [0.2, 0.25) is 6.32 Å². The Morgan fingerprint density at radius 1 is 1.27 bits per heavy atom. The molecule has 1 N–H and O–H groups in total. The van der Waals surface area contributed by atoms with E-state index in [1.165, 1.54) is 18.5 Å². The molecule has 1 fully saturated rings. The summed E-state index contributed by atoms with van der Waals surface area (Å²) < 4.78 is 5.80. The molecule has 2 aliphatic rings. The minimum Gasteiger partial charge on any atom is -0.434 e. The molecule has 0 aromatic heterocycles. The van der Waals surface area contributed by atoms with Crippen LogP contribution in [-0.4, -0.2) is 39.7 Å². The van der Waals surface area contributed by atoms with Crippen LogP contribution in [0, 0.1) is 5.92 Å². The van der Waals surface area contributed by atoms with Crippen molar-refractivity contribution in [2.24, 2.45) is 5.92 Å². The van der Waals surface area contributed by atoms with Crippen LogP contribution in [0.3, 0.4) is 0 Å². The van der Waals surface area contributed by atoms with Gasteiger partial charge in [-0.25, -0.2) is 0 Å². The first-order valence-corrected chi connectivity index (χ1v) is 12.2. The Kier molecular flexibility index (Phi) is 9.45. The molecule has 1 amide bonds. The molecular formula is C24H46BN2O2S. The topological polar surface area (TPSA) is 41.6 Å². The van der Waals surface area contributed by atoms with Crippen molar-refractivity contribution in [1.82, 2.24) is 10.2 Å². The molecule has 2 atom stereocenters. The zero-order valence-electron chi connectivity index (χ0n) is 21.2. The second-order valence-electron chi connectivity index (χ2n) is 10.6. The number of hydrogen-bond acceptors (Lipinski definition) is 4. The third kappa shape index (κ3) is 6.21. The number of amides is 1. The van der Waals surface area contributed by atoms with Gasteiger partial charge in [0.2, 0.25) is 5.91 Å². The molecule has 173 valence electrons. The fourth-order valence-corrected chi connectivity index (χ4v) is 4.36. The molecule has 2 rings (SSSR count). The van der Waals surface area contributed by atoms with Gasteiger partial charge in [0, 0.05) is 23.4 Å². The SMILES string of the molecule is CC.CC(=O)N1C=C(NC(C)(C)C)C12CCCC2CCC[B]OC(C)(C)C(C)(C)S. The molecule has 1 spiro atoms. The van der Waals surface area contributed by atoms with Crippen LogP contribution < -0.4 is 5.32 Å². The molecule has 1 heterocycles. The predicted molar refractivity (Wildman–Crippen MR) is 133 cm³/mol. The first-order valence-electron chi connectivity index (χ1n) is 11.7. The second kappa shape index (κ2) is 10.3. The largest absolute Gasteiger partial charge is 0.434 e. The molecular weight excluding hydrogens is 391 g/mol. The summed E-state index contributed by atoms with van der Waals surface area (Å²) in [5, 5.41) is 3.67. The van der Waals surface area contributed by atoms with Gasteiger partial charge in [-0.2, -0.15) is 12.6 Å². The molecule has 30 heavy (non-hydrogen) atoms. The fourth-order valence-electron chi connectivity index (χ4n) is 4.31. The molecule has 1 saturated carbocycles. The quantitative estimate of drug-likeness (QED) is 0.280. The molecule has 1 aliphatic heterocycles. The molecule has 2 unspecified atom stereocenters. The lowest BCUT2D eigenvalue weighted by Crippen LogP contribution is -2.64. The number of carbonyl (C=O) groups is 1. The average Bonchev–Trinajstić information content (AvgIpc) is 3.04. The van der Waals surface area contributed by atoms with E-state index in [-0.39, 0.29) is 27.3 Å².